The lowest BCUT2D eigenvalue weighted by molar-refractivity contribution is -0.201. The number of rotatable bonds is 7. The summed E-state index contributed by atoms with van der Waals surface area (Å²) < 4.78 is 46.3. The molecule has 1 aromatic heterocycles. The summed E-state index contributed by atoms with van der Waals surface area (Å²) in [6.45, 7) is 3.18. The van der Waals surface area contributed by atoms with E-state index >= 15 is 0 Å². The molecule has 0 saturated carbocycles. The lowest BCUT2D eigenvalue weighted by Gasteiger charge is -2.40. The van der Waals surface area contributed by atoms with E-state index in [4.69, 9.17) is 10.00 Å². The summed E-state index contributed by atoms with van der Waals surface area (Å²) in [6.07, 6.45) is 1.38. The van der Waals surface area contributed by atoms with Gasteiger partial charge < -0.3 is 14.5 Å². The van der Waals surface area contributed by atoms with E-state index in [0.29, 0.717) is 44.7 Å². The van der Waals surface area contributed by atoms with Crippen LogP contribution in [0.3, 0.4) is 0 Å². The highest BCUT2D eigenvalue weighted by Gasteiger charge is 2.54. The zero-order chi connectivity index (χ0) is 26.4. The van der Waals surface area contributed by atoms with Crippen molar-refractivity contribution in [2.24, 2.45) is 5.92 Å². The fraction of sp³-hybridized carbons (Fsp3) is 0.583. The molecule has 200 valence electrons. The third-order valence-corrected chi connectivity index (χ3v) is 6.97. The van der Waals surface area contributed by atoms with Gasteiger partial charge in [0, 0.05) is 57.1 Å². The van der Waals surface area contributed by atoms with Crippen molar-refractivity contribution in [3.8, 4) is 6.07 Å². The minimum absolute atomic E-state index is 0.00925. The molecule has 3 fully saturated rings. The molecule has 3 aliphatic rings. The molecule has 37 heavy (non-hydrogen) atoms. The van der Waals surface area contributed by atoms with Crippen molar-refractivity contribution in [3.05, 3.63) is 36.0 Å². The summed E-state index contributed by atoms with van der Waals surface area (Å²) in [4.78, 5) is 34.2. The number of nitrogens with zero attached hydrogens (tertiary/aromatic N) is 5. The number of aromatic nitrogens is 1. The Labute approximate surface area is 213 Å². The first-order valence-electron chi connectivity index (χ1n) is 12.3. The van der Waals surface area contributed by atoms with Gasteiger partial charge in [0.05, 0.1) is 18.8 Å². The van der Waals surface area contributed by atoms with Crippen LogP contribution in [0.4, 0.5) is 19.0 Å². The number of piperazine rings is 1. The number of hydrogen-bond acceptors (Lipinski definition) is 8. The molecule has 1 aromatic rings. The molecule has 0 radical (unpaired) electrons. The van der Waals surface area contributed by atoms with Gasteiger partial charge in [-0.05, 0) is 31.5 Å². The van der Waals surface area contributed by atoms with Crippen LogP contribution in [0.5, 0.6) is 0 Å². The number of nitriles is 1. The zero-order valence-corrected chi connectivity index (χ0v) is 20.3. The largest absolute Gasteiger partial charge is 0.402 e. The summed E-state index contributed by atoms with van der Waals surface area (Å²) >= 11 is 0. The fourth-order valence-electron chi connectivity index (χ4n) is 5.08. The van der Waals surface area contributed by atoms with E-state index < -0.39 is 24.0 Å². The second-order valence-electron chi connectivity index (χ2n) is 9.26. The average Bonchev–Trinajstić information content (AvgIpc) is 3.36. The van der Waals surface area contributed by atoms with Crippen molar-refractivity contribution >= 4 is 17.6 Å². The maximum Gasteiger partial charge on any atom is 0.402 e. The molecule has 2 amide bonds. The van der Waals surface area contributed by atoms with Gasteiger partial charge in [-0.15, -0.1) is 0 Å². The smallest absolute Gasteiger partial charge is 0.376 e. The van der Waals surface area contributed by atoms with Crippen molar-refractivity contribution in [2.45, 2.75) is 31.1 Å². The van der Waals surface area contributed by atoms with Crippen molar-refractivity contribution in [1.29, 1.82) is 5.26 Å². The van der Waals surface area contributed by atoms with Crippen LogP contribution < -0.4 is 15.8 Å². The van der Waals surface area contributed by atoms with Gasteiger partial charge in [-0.2, -0.15) is 18.4 Å². The fourth-order valence-corrected chi connectivity index (χ4v) is 5.08. The van der Waals surface area contributed by atoms with Crippen molar-refractivity contribution in [1.82, 2.24) is 25.6 Å². The molecule has 3 saturated heterocycles. The Morgan fingerprint density at radius 3 is 2.70 bits per heavy atom. The molecule has 3 atom stereocenters. The van der Waals surface area contributed by atoms with Crippen molar-refractivity contribution in [3.63, 3.8) is 0 Å². The second kappa shape index (κ2) is 11.9. The quantitative estimate of drug-likeness (QED) is 0.401. The number of halogens is 3. The highest BCUT2D eigenvalue weighted by atomic mass is 19.4. The van der Waals surface area contributed by atoms with Gasteiger partial charge in [-0.3, -0.25) is 19.9 Å². The number of ether oxygens (including phenoxy) is 1. The van der Waals surface area contributed by atoms with Gasteiger partial charge in [0.15, 0.2) is 5.92 Å². The molecule has 2 unspecified atom stereocenters. The van der Waals surface area contributed by atoms with Crippen LogP contribution >= 0.6 is 0 Å². The normalized spacial score (nSPS) is 25.4. The molecule has 13 heteroatoms. The van der Waals surface area contributed by atoms with Crippen LogP contribution in [-0.4, -0.2) is 97.3 Å². The minimum atomic E-state index is -4.63. The third kappa shape index (κ3) is 6.57. The molecule has 0 aliphatic carbocycles. The first kappa shape index (κ1) is 26.8. The molecular formula is C24H30F3N7O3. The number of likely N-dealkylation sites (tertiary alicyclic amines) is 1. The molecule has 0 aromatic carbocycles. The zero-order valence-electron chi connectivity index (χ0n) is 20.3. The molecule has 0 spiro atoms. The van der Waals surface area contributed by atoms with Crippen LogP contribution in [0.1, 0.15) is 18.4 Å². The van der Waals surface area contributed by atoms with E-state index in [1.54, 1.807) is 28.0 Å². The van der Waals surface area contributed by atoms with Crippen LogP contribution in [0.25, 0.3) is 0 Å². The SMILES string of the molecule is N#Cc1ccc(N2CCN(C(=O)/C=C/COC[C@@H]3CCCN3C3CNNC(=O)C3C(F)(F)F)CC2)nc1. The number of hydrazine groups is 1. The summed E-state index contributed by atoms with van der Waals surface area (Å²) in [5.41, 5.74) is 5.15. The minimum Gasteiger partial charge on any atom is -0.376 e. The highest BCUT2D eigenvalue weighted by molar-refractivity contribution is 5.87. The van der Waals surface area contributed by atoms with E-state index in [0.717, 1.165) is 12.2 Å². The number of alkyl halides is 3. The van der Waals surface area contributed by atoms with Gasteiger partial charge in [0.2, 0.25) is 11.8 Å². The number of amides is 2. The Bertz CT molecular complexity index is 1020. The predicted octanol–water partition coefficient (Wildman–Crippen LogP) is 0.821. The molecule has 0 bridgehead atoms. The molecule has 4 heterocycles. The lowest BCUT2D eigenvalue weighted by Crippen LogP contribution is -2.65. The van der Waals surface area contributed by atoms with Gasteiger partial charge in [0.1, 0.15) is 11.9 Å². The van der Waals surface area contributed by atoms with Gasteiger partial charge in [0.25, 0.3) is 0 Å². The van der Waals surface area contributed by atoms with Gasteiger partial charge in [-0.1, -0.05) is 6.08 Å². The molecule has 3 aliphatic heterocycles. The standard InChI is InChI=1S/C24H30F3N7O3/c25-24(26,27)22-19(15-30-31-23(22)36)34-7-1-3-18(34)16-37-12-2-4-21(35)33-10-8-32(9-11-33)20-6-5-17(13-28)14-29-20/h2,4-6,14,18-19,22,30H,1,3,7-12,15-16H2,(H,31,36)/b4-2+/t18-,19?,22?/m0/s1. The summed E-state index contributed by atoms with van der Waals surface area (Å²) in [6, 6.07) is 4.33. The summed E-state index contributed by atoms with van der Waals surface area (Å²) in [7, 11) is 0. The van der Waals surface area contributed by atoms with Crippen molar-refractivity contribution < 1.29 is 27.5 Å². The maximum atomic E-state index is 13.5. The first-order chi connectivity index (χ1) is 17.8. The van der Waals surface area contributed by atoms with Crippen LogP contribution in [0.2, 0.25) is 0 Å². The number of hydrogen-bond donors (Lipinski definition) is 2. The van der Waals surface area contributed by atoms with E-state index in [2.05, 4.69) is 20.7 Å². The first-order valence-corrected chi connectivity index (χ1v) is 12.3. The van der Waals surface area contributed by atoms with E-state index in [9.17, 15) is 22.8 Å². The lowest BCUT2D eigenvalue weighted by atomic mass is 9.94. The highest BCUT2D eigenvalue weighted by Crippen LogP contribution is 2.35. The molecular weight excluding hydrogens is 491 g/mol. The molecule has 10 nitrogen and oxygen atoms in total. The Hall–Kier alpha value is -3.21. The van der Waals surface area contributed by atoms with Crippen LogP contribution in [-0.2, 0) is 14.3 Å². The van der Waals surface area contributed by atoms with Crippen LogP contribution in [0.15, 0.2) is 30.5 Å². The number of pyridine rings is 1. The Morgan fingerprint density at radius 1 is 1.24 bits per heavy atom. The predicted molar refractivity (Wildman–Crippen MR) is 127 cm³/mol. The monoisotopic (exact) mass is 521 g/mol. The summed E-state index contributed by atoms with van der Waals surface area (Å²) in [5, 5.41) is 8.89. The number of carbonyl (C=O) groups is 2. The van der Waals surface area contributed by atoms with Crippen LogP contribution in [0, 0.1) is 17.2 Å². The molecule has 2 N–H and O–H groups in total. The average molecular weight is 522 g/mol. The number of nitrogens with one attached hydrogen (secondary N) is 2. The van der Waals surface area contributed by atoms with E-state index in [1.165, 1.54) is 12.3 Å². The third-order valence-electron chi connectivity index (χ3n) is 6.97. The van der Waals surface area contributed by atoms with E-state index in [1.807, 2.05) is 6.07 Å². The number of anilines is 1. The van der Waals surface area contributed by atoms with E-state index in [-0.39, 0.29) is 31.7 Å². The Kier molecular flexibility index (Phi) is 8.63. The van der Waals surface area contributed by atoms with Crippen molar-refractivity contribution in [2.75, 3.05) is 57.4 Å². The van der Waals surface area contributed by atoms with Gasteiger partial charge >= 0.3 is 6.18 Å². The Morgan fingerprint density at radius 2 is 2.03 bits per heavy atom. The second-order valence-corrected chi connectivity index (χ2v) is 9.26. The topological polar surface area (TPSA) is 114 Å². The maximum absolute atomic E-state index is 13.5. The number of carbonyl (C=O) groups excluding carboxylic acids is 2. The molecule has 4 rings (SSSR count). The summed E-state index contributed by atoms with van der Waals surface area (Å²) in [5.74, 6) is -2.51. The van der Waals surface area contributed by atoms with Gasteiger partial charge in [-0.25, -0.2) is 10.4 Å². The Balaban J connectivity index is 1.20.